The van der Waals surface area contributed by atoms with E-state index >= 15 is 0 Å². The minimum Gasteiger partial charge on any atom is -0.373 e. The van der Waals surface area contributed by atoms with Gasteiger partial charge in [-0.1, -0.05) is 53.9 Å². The molecule has 1 saturated carbocycles. The van der Waals surface area contributed by atoms with E-state index in [-0.39, 0.29) is 11.2 Å². The molecule has 0 aromatic heterocycles. The molecule has 2 atom stereocenters. The molecule has 0 N–H and O–H groups in total. The molecule has 2 nitrogen and oxygen atoms in total. The quantitative estimate of drug-likeness (QED) is 0.739. The molecule has 0 aromatic rings. The first-order chi connectivity index (χ1) is 8.29. The molecule has 0 spiro atoms. The van der Waals surface area contributed by atoms with Crippen molar-refractivity contribution in [2.24, 2.45) is 23.2 Å². The van der Waals surface area contributed by atoms with Gasteiger partial charge >= 0.3 is 0 Å². The molecular weight excluding hydrogens is 224 g/mol. The number of hydrogen-bond acceptors (Lipinski definition) is 2. The highest BCUT2D eigenvalue weighted by Gasteiger charge is 2.28. The third kappa shape index (κ3) is 5.51. The largest absolute Gasteiger partial charge is 0.373 e. The Balaban J connectivity index is 2.26. The predicted octanol–water partition coefficient (Wildman–Crippen LogP) is 4.08. The molecule has 2 unspecified atom stereocenters. The molecule has 18 heavy (non-hydrogen) atoms. The number of hydrogen-bond donors (Lipinski definition) is 0. The standard InChI is InChI=1S/C16H30O2/c1-12-7-6-8-13(2)15(12)11-18-10-14(17)9-16(3,4)5/h12-13,15H,6-11H2,1-5H3. The lowest BCUT2D eigenvalue weighted by atomic mass is 9.74. The van der Waals surface area contributed by atoms with Crippen LogP contribution in [0.4, 0.5) is 0 Å². The van der Waals surface area contributed by atoms with Crippen LogP contribution in [0, 0.1) is 23.2 Å². The molecule has 0 amide bonds. The van der Waals surface area contributed by atoms with Gasteiger partial charge in [0.25, 0.3) is 0 Å². The van der Waals surface area contributed by atoms with E-state index in [2.05, 4.69) is 34.6 Å². The number of ketones is 1. The first kappa shape index (κ1) is 15.7. The summed E-state index contributed by atoms with van der Waals surface area (Å²) < 4.78 is 5.67. The highest BCUT2D eigenvalue weighted by molar-refractivity contribution is 5.80. The van der Waals surface area contributed by atoms with Crippen LogP contribution in [0.25, 0.3) is 0 Å². The smallest absolute Gasteiger partial charge is 0.158 e. The Bertz CT molecular complexity index is 255. The van der Waals surface area contributed by atoms with Gasteiger partial charge in [-0.25, -0.2) is 0 Å². The van der Waals surface area contributed by atoms with Crippen LogP contribution in [0.1, 0.15) is 60.3 Å². The van der Waals surface area contributed by atoms with Crippen molar-refractivity contribution in [2.45, 2.75) is 60.3 Å². The van der Waals surface area contributed by atoms with Crippen LogP contribution >= 0.6 is 0 Å². The van der Waals surface area contributed by atoms with E-state index in [1.54, 1.807) is 0 Å². The van der Waals surface area contributed by atoms with Gasteiger partial charge in [0, 0.05) is 6.42 Å². The van der Waals surface area contributed by atoms with Crippen LogP contribution in [-0.2, 0) is 9.53 Å². The Morgan fingerprint density at radius 2 is 1.72 bits per heavy atom. The summed E-state index contributed by atoms with van der Waals surface area (Å²) in [4.78, 5) is 11.7. The first-order valence-electron chi connectivity index (χ1n) is 7.39. The second kappa shape index (κ2) is 6.70. The third-order valence-corrected chi connectivity index (χ3v) is 4.08. The Morgan fingerprint density at radius 3 is 2.22 bits per heavy atom. The molecule has 0 aliphatic heterocycles. The Morgan fingerprint density at radius 1 is 1.17 bits per heavy atom. The highest BCUT2D eigenvalue weighted by atomic mass is 16.5. The predicted molar refractivity (Wildman–Crippen MR) is 75.6 cm³/mol. The third-order valence-electron chi connectivity index (χ3n) is 4.08. The lowest BCUT2D eigenvalue weighted by molar-refractivity contribution is -0.126. The zero-order valence-electron chi connectivity index (χ0n) is 12.8. The van der Waals surface area contributed by atoms with Gasteiger partial charge in [0.2, 0.25) is 0 Å². The molecule has 0 aromatic carbocycles. The summed E-state index contributed by atoms with van der Waals surface area (Å²) in [5.74, 6) is 2.36. The van der Waals surface area contributed by atoms with Crippen LogP contribution in [0.2, 0.25) is 0 Å². The molecule has 1 fully saturated rings. The van der Waals surface area contributed by atoms with Crippen molar-refractivity contribution in [1.29, 1.82) is 0 Å². The van der Waals surface area contributed by atoms with E-state index in [0.29, 0.717) is 18.9 Å². The minimum absolute atomic E-state index is 0.0753. The number of Topliss-reactive ketones (excluding diaryl/α,β-unsaturated/α-hetero) is 1. The lowest BCUT2D eigenvalue weighted by Gasteiger charge is -2.34. The fourth-order valence-corrected chi connectivity index (χ4v) is 3.03. The molecule has 0 radical (unpaired) electrons. The van der Waals surface area contributed by atoms with Crippen molar-refractivity contribution in [3.05, 3.63) is 0 Å². The number of rotatable bonds is 5. The first-order valence-corrected chi connectivity index (χ1v) is 7.39. The van der Waals surface area contributed by atoms with Gasteiger partial charge in [-0.2, -0.15) is 0 Å². The Labute approximate surface area is 112 Å². The van der Waals surface area contributed by atoms with E-state index in [9.17, 15) is 4.79 Å². The fraction of sp³-hybridized carbons (Fsp3) is 0.938. The van der Waals surface area contributed by atoms with Gasteiger partial charge in [-0.15, -0.1) is 0 Å². The fourth-order valence-electron chi connectivity index (χ4n) is 3.03. The highest BCUT2D eigenvalue weighted by Crippen LogP contribution is 2.34. The van der Waals surface area contributed by atoms with Crippen LogP contribution < -0.4 is 0 Å². The molecule has 0 bridgehead atoms. The van der Waals surface area contributed by atoms with Gasteiger partial charge in [-0.3, -0.25) is 4.79 Å². The van der Waals surface area contributed by atoms with Crippen molar-refractivity contribution in [1.82, 2.24) is 0 Å². The number of ether oxygens (including phenoxy) is 1. The average Bonchev–Trinajstić information content (AvgIpc) is 2.19. The van der Waals surface area contributed by atoms with Crippen molar-refractivity contribution in [3.8, 4) is 0 Å². The zero-order valence-corrected chi connectivity index (χ0v) is 12.8. The second-order valence-corrected chi connectivity index (χ2v) is 7.34. The SMILES string of the molecule is CC1CCCC(C)C1COCC(=O)CC(C)(C)C. The molecule has 1 aliphatic rings. The van der Waals surface area contributed by atoms with Gasteiger partial charge in [0.15, 0.2) is 5.78 Å². The van der Waals surface area contributed by atoms with Crippen LogP contribution in [0.5, 0.6) is 0 Å². The van der Waals surface area contributed by atoms with Crippen LogP contribution in [-0.4, -0.2) is 19.0 Å². The Hall–Kier alpha value is -0.370. The lowest BCUT2D eigenvalue weighted by Crippen LogP contribution is -2.30. The molecule has 0 heterocycles. The van der Waals surface area contributed by atoms with Gasteiger partial charge < -0.3 is 4.74 Å². The van der Waals surface area contributed by atoms with E-state index < -0.39 is 0 Å². The summed E-state index contributed by atoms with van der Waals surface area (Å²) in [5, 5.41) is 0. The molecule has 106 valence electrons. The summed E-state index contributed by atoms with van der Waals surface area (Å²) in [5.41, 5.74) is 0.0753. The molecule has 0 saturated heterocycles. The molecule has 1 rings (SSSR count). The summed E-state index contributed by atoms with van der Waals surface area (Å²) in [6.45, 7) is 12.0. The van der Waals surface area contributed by atoms with E-state index in [1.807, 2.05) is 0 Å². The van der Waals surface area contributed by atoms with Crippen molar-refractivity contribution in [2.75, 3.05) is 13.2 Å². The van der Waals surface area contributed by atoms with Crippen molar-refractivity contribution >= 4 is 5.78 Å². The molecular formula is C16H30O2. The van der Waals surface area contributed by atoms with Gasteiger partial charge in [0.1, 0.15) is 6.61 Å². The van der Waals surface area contributed by atoms with E-state index in [1.165, 1.54) is 19.3 Å². The van der Waals surface area contributed by atoms with E-state index in [0.717, 1.165) is 18.4 Å². The minimum atomic E-state index is 0.0753. The van der Waals surface area contributed by atoms with Gasteiger partial charge in [0.05, 0.1) is 6.61 Å². The summed E-state index contributed by atoms with van der Waals surface area (Å²) in [6.07, 6.45) is 4.59. The maximum atomic E-state index is 11.7. The van der Waals surface area contributed by atoms with Crippen molar-refractivity contribution in [3.63, 3.8) is 0 Å². The maximum Gasteiger partial charge on any atom is 0.158 e. The average molecular weight is 254 g/mol. The molecule has 1 aliphatic carbocycles. The summed E-state index contributed by atoms with van der Waals surface area (Å²) >= 11 is 0. The monoisotopic (exact) mass is 254 g/mol. The summed E-state index contributed by atoms with van der Waals surface area (Å²) in [6, 6.07) is 0. The normalized spacial score (nSPS) is 29.3. The number of carbonyl (C=O) groups excluding carboxylic acids is 1. The molecule has 2 heteroatoms. The van der Waals surface area contributed by atoms with Crippen LogP contribution in [0.15, 0.2) is 0 Å². The zero-order chi connectivity index (χ0) is 13.8. The number of carbonyl (C=O) groups is 1. The van der Waals surface area contributed by atoms with Crippen LogP contribution in [0.3, 0.4) is 0 Å². The second-order valence-electron chi connectivity index (χ2n) is 7.34. The van der Waals surface area contributed by atoms with E-state index in [4.69, 9.17) is 4.74 Å². The Kier molecular flexibility index (Phi) is 5.84. The van der Waals surface area contributed by atoms with Gasteiger partial charge in [-0.05, 0) is 23.2 Å². The topological polar surface area (TPSA) is 26.3 Å². The maximum absolute atomic E-state index is 11.7. The summed E-state index contributed by atoms with van der Waals surface area (Å²) in [7, 11) is 0. The van der Waals surface area contributed by atoms with Crippen molar-refractivity contribution < 1.29 is 9.53 Å².